The molecule has 0 aliphatic heterocycles. The van der Waals surface area contributed by atoms with Gasteiger partial charge in [-0.15, -0.1) is 0 Å². The molecule has 0 heterocycles. The molecule has 0 unspecified atom stereocenters. The minimum atomic E-state index is -0.487. The number of halogens is 1. The fourth-order valence-electron chi connectivity index (χ4n) is 1.27. The Balaban J connectivity index is 2.51. The summed E-state index contributed by atoms with van der Waals surface area (Å²) < 4.78 is 18.5. The molecule has 0 radical (unpaired) electrons. The van der Waals surface area contributed by atoms with E-state index in [4.69, 9.17) is 10.00 Å². The predicted octanol–water partition coefficient (Wildman–Crippen LogP) is 1.28. The van der Waals surface area contributed by atoms with Gasteiger partial charge >= 0.3 is 0 Å². The summed E-state index contributed by atoms with van der Waals surface area (Å²) in [6.45, 7) is 2.10. The SMILES string of the molecule is CCOc1ccc(NCC(=O)NCC#N)cc1F. The molecule has 0 aliphatic rings. The summed E-state index contributed by atoms with van der Waals surface area (Å²) in [7, 11) is 0. The van der Waals surface area contributed by atoms with E-state index >= 15 is 0 Å². The number of carbonyl (C=O) groups is 1. The van der Waals surface area contributed by atoms with Gasteiger partial charge in [-0.3, -0.25) is 4.79 Å². The Morgan fingerprint density at radius 2 is 2.33 bits per heavy atom. The number of amides is 1. The van der Waals surface area contributed by atoms with Crippen LogP contribution in [0.5, 0.6) is 5.75 Å². The van der Waals surface area contributed by atoms with Crippen molar-refractivity contribution in [3.63, 3.8) is 0 Å². The van der Waals surface area contributed by atoms with E-state index in [1.165, 1.54) is 12.1 Å². The lowest BCUT2D eigenvalue weighted by molar-refractivity contribution is -0.119. The maximum Gasteiger partial charge on any atom is 0.240 e. The van der Waals surface area contributed by atoms with Crippen molar-refractivity contribution in [2.45, 2.75) is 6.92 Å². The topological polar surface area (TPSA) is 74.2 Å². The Morgan fingerprint density at radius 1 is 1.56 bits per heavy atom. The molecular formula is C12H14FN3O2. The van der Waals surface area contributed by atoms with Gasteiger partial charge in [0.25, 0.3) is 0 Å². The van der Waals surface area contributed by atoms with Crippen LogP contribution >= 0.6 is 0 Å². The first-order valence-electron chi connectivity index (χ1n) is 5.47. The summed E-state index contributed by atoms with van der Waals surface area (Å²) in [6.07, 6.45) is 0. The Hall–Kier alpha value is -2.29. The maximum absolute atomic E-state index is 13.5. The Labute approximate surface area is 105 Å². The van der Waals surface area contributed by atoms with Gasteiger partial charge in [0.15, 0.2) is 11.6 Å². The zero-order valence-electron chi connectivity index (χ0n) is 10.00. The van der Waals surface area contributed by atoms with E-state index in [1.54, 1.807) is 19.1 Å². The second kappa shape index (κ2) is 7.12. The molecule has 1 rings (SSSR count). The quantitative estimate of drug-likeness (QED) is 0.747. The average Bonchev–Trinajstić information content (AvgIpc) is 2.37. The first kappa shape index (κ1) is 13.8. The third kappa shape index (κ3) is 4.29. The van der Waals surface area contributed by atoms with Crippen molar-refractivity contribution in [3.8, 4) is 11.8 Å². The van der Waals surface area contributed by atoms with Crippen LogP contribution in [0, 0.1) is 17.1 Å². The van der Waals surface area contributed by atoms with Gasteiger partial charge in [0, 0.05) is 11.8 Å². The molecule has 1 aromatic rings. The zero-order valence-corrected chi connectivity index (χ0v) is 10.00. The molecule has 6 heteroatoms. The molecule has 0 atom stereocenters. The summed E-state index contributed by atoms with van der Waals surface area (Å²) in [5, 5.41) is 13.4. The summed E-state index contributed by atoms with van der Waals surface area (Å²) in [5.41, 5.74) is 0.475. The number of hydrogen-bond acceptors (Lipinski definition) is 4. The highest BCUT2D eigenvalue weighted by Gasteiger charge is 2.05. The van der Waals surface area contributed by atoms with Crippen LogP contribution in [-0.2, 0) is 4.79 Å². The van der Waals surface area contributed by atoms with E-state index in [1.807, 2.05) is 0 Å². The number of hydrogen-bond donors (Lipinski definition) is 2. The molecule has 0 fully saturated rings. The summed E-state index contributed by atoms with van der Waals surface area (Å²) >= 11 is 0. The first-order chi connectivity index (χ1) is 8.67. The van der Waals surface area contributed by atoms with Gasteiger partial charge in [-0.05, 0) is 19.1 Å². The predicted molar refractivity (Wildman–Crippen MR) is 64.7 cm³/mol. The van der Waals surface area contributed by atoms with Gasteiger partial charge in [-0.2, -0.15) is 5.26 Å². The number of rotatable bonds is 6. The lowest BCUT2D eigenvalue weighted by Gasteiger charge is -2.08. The van der Waals surface area contributed by atoms with Gasteiger partial charge in [0.1, 0.15) is 6.54 Å². The minimum absolute atomic E-state index is 0.0187. The van der Waals surface area contributed by atoms with Crippen LogP contribution in [0.1, 0.15) is 6.92 Å². The highest BCUT2D eigenvalue weighted by molar-refractivity contribution is 5.80. The van der Waals surface area contributed by atoms with E-state index in [0.717, 1.165) is 0 Å². The summed E-state index contributed by atoms with van der Waals surface area (Å²) in [6, 6.07) is 6.15. The maximum atomic E-state index is 13.5. The standard InChI is InChI=1S/C12H14FN3O2/c1-2-18-11-4-3-9(7-10(11)13)16-8-12(17)15-6-5-14/h3-4,7,16H,2,6,8H2,1H3,(H,15,17). The monoisotopic (exact) mass is 251 g/mol. The van der Waals surface area contributed by atoms with Crippen LogP contribution in [-0.4, -0.2) is 25.6 Å². The Bertz CT molecular complexity index is 457. The van der Waals surface area contributed by atoms with Crippen molar-refractivity contribution < 1.29 is 13.9 Å². The molecular weight excluding hydrogens is 237 g/mol. The van der Waals surface area contributed by atoms with Crippen LogP contribution in [0.25, 0.3) is 0 Å². The first-order valence-corrected chi connectivity index (χ1v) is 5.47. The highest BCUT2D eigenvalue weighted by Crippen LogP contribution is 2.20. The fraction of sp³-hybridized carbons (Fsp3) is 0.333. The number of nitrogens with one attached hydrogen (secondary N) is 2. The largest absolute Gasteiger partial charge is 0.491 e. The van der Waals surface area contributed by atoms with Crippen LogP contribution in [0.4, 0.5) is 10.1 Å². The van der Waals surface area contributed by atoms with Crippen molar-refractivity contribution in [2.24, 2.45) is 0 Å². The van der Waals surface area contributed by atoms with E-state index in [2.05, 4.69) is 10.6 Å². The lowest BCUT2D eigenvalue weighted by Crippen LogP contribution is -2.29. The van der Waals surface area contributed by atoms with E-state index in [0.29, 0.717) is 12.3 Å². The molecule has 96 valence electrons. The van der Waals surface area contributed by atoms with Gasteiger partial charge in [-0.25, -0.2) is 4.39 Å². The molecule has 1 amide bonds. The third-order valence-electron chi connectivity index (χ3n) is 2.05. The van der Waals surface area contributed by atoms with Gasteiger partial charge in [0.05, 0.1) is 19.2 Å². The Morgan fingerprint density at radius 3 is 2.94 bits per heavy atom. The number of nitrogens with zero attached hydrogens (tertiary/aromatic N) is 1. The van der Waals surface area contributed by atoms with Crippen molar-refractivity contribution in [1.82, 2.24) is 5.32 Å². The number of anilines is 1. The lowest BCUT2D eigenvalue weighted by atomic mass is 10.3. The van der Waals surface area contributed by atoms with E-state index in [-0.39, 0.29) is 24.7 Å². The number of benzene rings is 1. The second-order valence-electron chi connectivity index (χ2n) is 3.37. The third-order valence-corrected chi connectivity index (χ3v) is 2.05. The fourth-order valence-corrected chi connectivity index (χ4v) is 1.27. The summed E-state index contributed by atoms with van der Waals surface area (Å²) in [5.74, 6) is -0.637. The zero-order chi connectivity index (χ0) is 13.4. The molecule has 18 heavy (non-hydrogen) atoms. The van der Waals surface area contributed by atoms with Crippen molar-refractivity contribution in [2.75, 3.05) is 25.0 Å². The molecule has 0 aromatic heterocycles. The highest BCUT2D eigenvalue weighted by atomic mass is 19.1. The van der Waals surface area contributed by atoms with Crippen LogP contribution in [0.3, 0.4) is 0 Å². The Kier molecular flexibility index (Phi) is 5.45. The molecule has 5 nitrogen and oxygen atoms in total. The molecule has 0 bridgehead atoms. The van der Waals surface area contributed by atoms with E-state index < -0.39 is 5.82 Å². The smallest absolute Gasteiger partial charge is 0.240 e. The normalized spacial score (nSPS) is 9.39. The number of ether oxygens (including phenoxy) is 1. The van der Waals surface area contributed by atoms with Crippen LogP contribution in [0.15, 0.2) is 18.2 Å². The van der Waals surface area contributed by atoms with Gasteiger partial charge in [0.2, 0.25) is 5.91 Å². The second-order valence-corrected chi connectivity index (χ2v) is 3.37. The number of nitriles is 1. The molecule has 0 saturated carbocycles. The van der Waals surface area contributed by atoms with Gasteiger partial charge in [-0.1, -0.05) is 0 Å². The minimum Gasteiger partial charge on any atom is -0.491 e. The van der Waals surface area contributed by atoms with E-state index in [9.17, 15) is 9.18 Å². The molecule has 0 spiro atoms. The molecule has 2 N–H and O–H groups in total. The van der Waals surface area contributed by atoms with Gasteiger partial charge < -0.3 is 15.4 Å². The average molecular weight is 251 g/mol. The van der Waals surface area contributed by atoms with Crippen molar-refractivity contribution in [3.05, 3.63) is 24.0 Å². The number of carbonyl (C=O) groups excluding carboxylic acids is 1. The van der Waals surface area contributed by atoms with Crippen molar-refractivity contribution in [1.29, 1.82) is 5.26 Å². The molecule has 0 saturated heterocycles. The van der Waals surface area contributed by atoms with Crippen LogP contribution in [0.2, 0.25) is 0 Å². The van der Waals surface area contributed by atoms with Crippen LogP contribution < -0.4 is 15.4 Å². The van der Waals surface area contributed by atoms with Crippen molar-refractivity contribution >= 4 is 11.6 Å². The molecule has 0 aliphatic carbocycles. The molecule has 1 aromatic carbocycles. The summed E-state index contributed by atoms with van der Waals surface area (Å²) in [4.78, 5) is 11.2.